The highest BCUT2D eigenvalue weighted by Gasteiger charge is 2.49. The minimum atomic E-state index is -1.01. The second-order valence-electron chi connectivity index (χ2n) is 8.89. The molecule has 8 nitrogen and oxygen atoms in total. The van der Waals surface area contributed by atoms with Gasteiger partial charge >= 0.3 is 5.91 Å². The summed E-state index contributed by atoms with van der Waals surface area (Å²) in [6.45, 7) is 4.44. The predicted molar refractivity (Wildman–Crippen MR) is 151 cm³/mol. The van der Waals surface area contributed by atoms with Crippen LogP contribution in [0.2, 0.25) is 0 Å². The van der Waals surface area contributed by atoms with Gasteiger partial charge in [0.1, 0.15) is 29.0 Å². The summed E-state index contributed by atoms with van der Waals surface area (Å²) in [7, 11) is 3.04. The second kappa shape index (κ2) is 10.8. The van der Waals surface area contributed by atoms with Crippen LogP contribution in [0.1, 0.15) is 36.6 Å². The number of aryl methyl sites for hydroxylation is 1. The number of fused-ring (bicyclic) bond motifs is 1. The van der Waals surface area contributed by atoms with Crippen LogP contribution in [0.25, 0.3) is 16.0 Å². The number of aliphatic hydroxyl groups excluding tert-OH is 1. The number of ketones is 1. The van der Waals surface area contributed by atoms with Gasteiger partial charge in [0.2, 0.25) is 0 Å². The first-order valence-electron chi connectivity index (χ1n) is 12.6. The van der Waals surface area contributed by atoms with Gasteiger partial charge in [0.05, 0.1) is 36.6 Å². The quantitative estimate of drug-likeness (QED) is 0.168. The Hall–Kier alpha value is -4.37. The van der Waals surface area contributed by atoms with Gasteiger partial charge in [-0.15, -0.1) is 0 Å². The number of methoxy groups -OCH3 is 2. The number of anilines is 1. The lowest BCUT2D eigenvalue weighted by atomic mass is 9.94. The van der Waals surface area contributed by atoms with E-state index < -0.39 is 17.7 Å². The molecule has 1 unspecified atom stereocenters. The van der Waals surface area contributed by atoms with Gasteiger partial charge in [-0.2, -0.15) is 0 Å². The molecule has 0 radical (unpaired) electrons. The first kappa shape index (κ1) is 26.2. The summed E-state index contributed by atoms with van der Waals surface area (Å²) in [5, 5.41) is 11.8. The molecule has 5 rings (SSSR count). The molecule has 1 aliphatic heterocycles. The number of thiazole rings is 1. The number of carbonyl (C=O) groups is 2. The lowest BCUT2D eigenvalue weighted by Crippen LogP contribution is -2.29. The third-order valence-electron chi connectivity index (χ3n) is 6.67. The number of Topliss-reactive ketones (excluding diaryl/α,β-unsaturated/α-hetero) is 1. The third kappa shape index (κ3) is 4.70. The first-order valence-corrected chi connectivity index (χ1v) is 13.4. The minimum Gasteiger partial charge on any atom is -0.507 e. The van der Waals surface area contributed by atoms with Gasteiger partial charge in [-0.25, -0.2) is 4.98 Å². The summed E-state index contributed by atoms with van der Waals surface area (Å²) in [5.74, 6) is -0.337. The van der Waals surface area contributed by atoms with Crippen molar-refractivity contribution in [2.45, 2.75) is 26.3 Å². The summed E-state index contributed by atoms with van der Waals surface area (Å²) in [5.41, 5.74) is 2.65. The van der Waals surface area contributed by atoms with Crippen LogP contribution in [-0.4, -0.2) is 42.6 Å². The standard InChI is InChI=1S/C30H28N2O6S/c1-5-17-7-13-22-24(15-17)39-30(31-22)32-26(21-16-20(36-3)12-14-23(21)37-4)25(28(34)29(32)35)27(33)18-8-10-19(11-9-18)38-6-2/h7-16,26,33H,5-6H2,1-4H3. The molecule has 0 aliphatic carbocycles. The molecule has 0 bridgehead atoms. The lowest BCUT2D eigenvalue weighted by Gasteiger charge is -2.25. The SMILES string of the molecule is CCOc1ccc(C(O)=C2C(=O)C(=O)N(c3nc4ccc(CC)cc4s3)C2c2cc(OC)ccc2OC)cc1. The van der Waals surface area contributed by atoms with E-state index in [-0.39, 0.29) is 11.3 Å². The number of ether oxygens (including phenoxy) is 3. The van der Waals surface area contributed by atoms with Crippen molar-refractivity contribution in [3.8, 4) is 17.2 Å². The van der Waals surface area contributed by atoms with E-state index in [4.69, 9.17) is 19.2 Å². The van der Waals surface area contributed by atoms with Crippen molar-refractivity contribution in [3.63, 3.8) is 0 Å². The molecule has 200 valence electrons. The number of hydrogen-bond donors (Lipinski definition) is 1. The predicted octanol–water partition coefficient (Wildman–Crippen LogP) is 5.90. The number of aliphatic hydroxyl groups is 1. The van der Waals surface area contributed by atoms with Crippen molar-refractivity contribution in [1.82, 2.24) is 4.98 Å². The molecule has 4 aromatic rings. The molecule has 1 saturated heterocycles. The Morgan fingerprint density at radius 2 is 1.72 bits per heavy atom. The monoisotopic (exact) mass is 544 g/mol. The van der Waals surface area contributed by atoms with Crippen molar-refractivity contribution in [2.75, 3.05) is 25.7 Å². The largest absolute Gasteiger partial charge is 0.507 e. The van der Waals surface area contributed by atoms with E-state index in [0.717, 1.165) is 22.2 Å². The molecule has 39 heavy (non-hydrogen) atoms. The molecule has 0 saturated carbocycles. The Balaban J connectivity index is 1.73. The Bertz CT molecular complexity index is 1590. The van der Waals surface area contributed by atoms with Gasteiger partial charge < -0.3 is 19.3 Å². The molecule has 0 spiro atoms. The Kier molecular flexibility index (Phi) is 7.26. The Labute approximate surface area is 230 Å². The number of amides is 1. The van der Waals surface area contributed by atoms with Crippen LogP contribution < -0.4 is 19.1 Å². The molecule has 9 heteroatoms. The van der Waals surface area contributed by atoms with Crippen molar-refractivity contribution < 1.29 is 28.9 Å². The molecular formula is C30H28N2O6S. The van der Waals surface area contributed by atoms with E-state index in [1.165, 1.54) is 30.5 Å². The van der Waals surface area contributed by atoms with E-state index in [1.54, 1.807) is 42.5 Å². The fourth-order valence-electron chi connectivity index (χ4n) is 4.69. The summed E-state index contributed by atoms with van der Waals surface area (Å²) < 4.78 is 17.5. The molecule has 1 atom stereocenters. The van der Waals surface area contributed by atoms with Crippen LogP contribution >= 0.6 is 11.3 Å². The summed E-state index contributed by atoms with van der Waals surface area (Å²) in [6, 6.07) is 16.8. The number of nitrogens with zero attached hydrogens (tertiary/aromatic N) is 2. The molecular weight excluding hydrogens is 516 g/mol. The van der Waals surface area contributed by atoms with Crippen molar-refractivity contribution >= 4 is 44.1 Å². The fourth-order valence-corrected chi connectivity index (χ4v) is 5.74. The van der Waals surface area contributed by atoms with Gasteiger partial charge in [0.15, 0.2) is 5.13 Å². The molecule has 1 fully saturated rings. The molecule has 1 aromatic heterocycles. The van der Waals surface area contributed by atoms with E-state index >= 15 is 0 Å². The number of benzene rings is 3. The summed E-state index contributed by atoms with van der Waals surface area (Å²) in [4.78, 5) is 33.3. The zero-order chi connectivity index (χ0) is 27.7. The zero-order valence-electron chi connectivity index (χ0n) is 22.1. The van der Waals surface area contributed by atoms with Crippen LogP contribution in [0.4, 0.5) is 5.13 Å². The smallest absolute Gasteiger partial charge is 0.301 e. The zero-order valence-corrected chi connectivity index (χ0v) is 22.9. The van der Waals surface area contributed by atoms with Crippen LogP contribution in [-0.2, 0) is 16.0 Å². The highest BCUT2D eigenvalue weighted by atomic mass is 32.1. The average Bonchev–Trinajstić information content (AvgIpc) is 3.50. The second-order valence-corrected chi connectivity index (χ2v) is 9.90. The van der Waals surface area contributed by atoms with Crippen molar-refractivity contribution in [1.29, 1.82) is 0 Å². The molecule has 1 amide bonds. The maximum atomic E-state index is 13.6. The van der Waals surface area contributed by atoms with Crippen molar-refractivity contribution in [2.24, 2.45) is 0 Å². The summed E-state index contributed by atoms with van der Waals surface area (Å²) in [6.07, 6.45) is 0.858. The fraction of sp³-hybridized carbons (Fsp3) is 0.233. The normalized spacial score (nSPS) is 16.6. The maximum Gasteiger partial charge on any atom is 0.301 e. The van der Waals surface area contributed by atoms with Crippen LogP contribution in [0, 0.1) is 0 Å². The number of carbonyl (C=O) groups excluding carboxylic acids is 2. The van der Waals surface area contributed by atoms with Gasteiger partial charge in [-0.3, -0.25) is 14.5 Å². The topological polar surface area (TPSA) is 98.2 Å². The minimum absolute atomic E-state index is 0.0655. The highest BCUT2D eigenvalue weighted by molar-refractivity contribution is 7.22. The Morgan fingerprint density at radius 3 is 2.38 bits per heavy atom. The van der Waals surface area contributed by atoms with E-state index in [1.807, 2.05) is 25.1 Å². The van der Waals surface area contributed by atoms with Gasteiger partial charge in [0.25, 0.3) is 5.78 Å². The van der Waals surface area contributed by atoms with E-state index in [2.05, 4.69) is 6.92 Å². The van der Waals surface area contributed by atoms with Crippen LogP contribution in [0.3, 0.4) is 0 Å². The molecule has 3 aromatic carbocycles. The Morgan fingerprint density at radius 1 is 0.974 bits per heavy atom. The van der Waals surface area contributed by atoms with Gasteiger partial charge in [0, 0.05) is 11.1 Å². The highest BCUT2D eigenvalue weighted by Crippen LogP contribution is 2.47. The van der Waals surface area contributed by atoms with E-state index in [9.17, 15) is 14.7 Å². The van der Waals surface area contributed by atoms with Crippen LogP contribution in [0.15, 0.2) is 66.2 Å². The molecule has 1 N–H and O–H groups in total. The number of rotatable bonds is 8. The molecule has 1 aliphatic rings. The maximum absolute atomic E-state index is 13.6. The molecule has 2 heterocycles. The van der Waals surface area contributed by atoms with Crippen LogP contribution in [0.5, 0.6) is 17.2 Å². The number of hydrogen-bond acceptors (Lipinski definition) is 8. The van der Waals surface area contributed by atoms with Gasteiger partial charge in [-0.05, 0) is 73.5 Å². The van der Waals surface area contributed by atoms with E-state index in [0.29, 0.717) is 40.1 Å². The summed E-state index contributed by atoms with van der Waals surface area (Å²) >= 11 is 1.32. The number of aromatic nitrogens is 1. The van der Waals surface area contributed by atoms with Crippen molar-refractivity contribution in [3.05, 3.63) is 82.9 Å². The third-order valence-corrected chi connectivity index (χ3v) is 7.69. The lowest BCUT2D eigenvalue weighted by molar-refractivity contribution is -0.132. The van der Waals surface area contributed by atoms with Gasteiger partial charge in [-0.1, -0.05) is 24.3 Å². The first-order chi connectivity index (χ1) is 18.9. The average molecular weight is 545 g/mol.